The van der Waals surface area contributed by atoms with E-state index in [1.807, 2.05) is 12.1 Å². The van der Waals surface area contributed by atoms with Crippen LogP contribution in [0.1, 0.15) is 29.0 Å². The van der Waals surface area contributed by atoms with Gasteiger partial charge in [0.1, 0.15) is 5.82 Å². The molecule has 0 fully saturated rings. The van der Waals surface area contributed by atoms with E-state index < -0.39 is 11.7 Å². The Morgan fingerprint density at radius 1 is 1.08 bits per heavy atom. The highest BCUT2D eigenvalue weighted by molar-refractivity contribution is 6.02. The number of amides is 2. The summed E-state index contributed by atoms with van der Waals surface area (Å²) in [6, 6.07) is 12.7. The minimum atomic E-state index is -0.774. The SMILES string of the molecule is CN1C(=O)CC(C(=O)NC2Cc3ccccc3C2)c2c(F)cccc21. The molecule has 1 unspecified atom stereocenters. The molecule has 1 N–H and O–H groups in total. The number of fused-ring (bicyclic) bond motifs is 2. The number of carbonyl (C=O) groups excluding carboxylic acids is 2. The standard InChI is InChI=1S/C20H19FN2O2/c1-23-17-8-4-7-16(21)19(17)15(11-18(23)24)20(25)22-14-9-12-5-2-3-6-13(12)10-14/h2-8,14-15H,9-11H2,1H3,(H,22,25). The highest BCUT2D eigenvalue weighted by Gasteiger charge is 2.37. The van der Waals surface area contributed by atoms with Crippen molar-refractivity contribution in [2.45, 2.75) is 31.2 Å². The fraction of sp³-hybridized carbons (Fsp3) is 0.300. The second-order valence-corrected chi connectivity index (χ2v) is 6.76. The molecule has 0 aromatic heterocycles. The molecule has 2 aliphatic rings. The lowest BCUT2D eigenvalue weighted by atomic mass is 9.88. The van der Waals surface area contributed by atoms with Gasteiger partial charge in [-0.05, 0) is 36.1 Å². The fourth-order valence-corrected chi connectivity index (χ4v) is 3.90. The minimum Gasteiger partial charge on any atom is -0.352 e. The second kappa shape index (κ2) is 5.99. The molecule has 25 heavy (non-hydrogen) atoms. The Hall–Kier alpha value is -2.69. The first-order chi connectivity index (χ1) is 12.0. The number of rotatable bonds is 2. The predicted molar refractivity (Wildman–Crippen MR) is 92.9 cm³/mol. The van der Waals surface area contributed by atoms with Gasteiger partial charge in [-0.15, -0.1) is 0 Å². The van der Waals surface area contributed by atoms with Crippen molar-refractivity contribution in [3.05, 3.63) is 65.0 Å². The maximum atomic E-state index is 14.4. The first-order valence-corrected chi connectivity index (χ1v) is 8.46. The number of hydrogen-bond acceptors (Lipinski definition) is 2. The Morgan fingerprint density at radius 2 is 1.76 bits per heavy atom. The van der Waals surface area contributed by atoms with Gasteiger partial charge in [-0.2, -0.15) is 0 Å². The Morgan fingerprint density at radius 3 is 2.44 bits per heavy atom. The van der Waals surface area contributed by atoms with Crippen LogP contribution in [0.25, 0.3) is 0 Å². The summed E-state index contributed by atoms with van der Waals surface area (Å²) in [7, 11) is 1.61. The van der Waals surface area contributed by atoms with Gasteiger partial charge in [0.05, 0.1) is 11.6 Å². The number of hydrogen-bond donors (Lipinski definition) is 1. The molecule has 4 nitrogen and oxygen atoms in total. The van der Waals surface area contributed by atoms with Crippen LogP contribution in [0.15, 0.2) is 42.5 Å². The Bertz CT molecular complexity index is 840. The van der Waals surface area contributed by atoms with Crippen LogP contribution in [0, 0.1) is 5.82 Å². The molecule has 1 atom stereocenters. The number of benzene rings is 2. The van der Waals surface area contributed by atoms with E-state index in [0.717, 1.165) is 12.8 Å². The zero-order valence-corrected chi connectivity index (χ0v) is 14.0. The molecule has 5 heteroatoms. The van der Waals surface area contributed by atoms with Crippen molar-refractivity contribution >= 4 is 17.5 Å². The normalized spacial score (nSPS) is 19.5. The van der Waals surface area contributed by atoms with Crippen LogP contribution >= 0.6 is 0 Å². The zero-order valence-electron chi connectivity index (χ0n) is 14.0. The van der Waals surface area contributed by atoms with Crippen molar-refractivity contribution in [2.24, 2.45) is 0 Å². The molecule has 1 heterocycles. The van der Waals surface area contributed by atoms with Crippen LogP contribution in [0.5, 0.6) is 0 Å². The molecule has 128 valence electrons. The monoisotopic (exact) mass is 338 g/mol. The van der Waals surface area contributed by atoms with Crippen molar-refractivity contribution in [3.8, 4) is 0 Å². The smallest absolute Gasteiger partial charge is 0.228 e. The van der Waals surface area contributed by atoms with Crippen LogP contribution in [-0.2, 0) is 22.4 Å². The fourth-order valence-electron chi connectivity index (χ4n) is 3.90. The summed E-state index contributed by atoms with van der Waals surface area (Å²) >= 11 is 0. The van der Waals surface area contributed by atoms with Gasteiger partial charge >= 0.3 is 0 Å². The summed E-state index contributed by atoms with van der Waals surface area (Å²) in [5.41, 5.74) is 3.27. The average molecular weight is 338 g/mol. The third-order valence-corrected chi connectivity index (χ3v) is 5.21. The lowest BCUT2D eigenvalue weighted by molar-refractivity contribution is -0.127. The number of carbonyl (C=O) groups is 2. The van der Waals surface area contributed by atoms with Crippen LogP contribution in [0.2, 0.25) is 0 Å². The third kappa shape index (κ3) is 2.69. The van der Waals surface area contributed by atoms with Gasteiger partial charge in [0.25, 0.3) is 0 Å². The van der Waals surface area contributed by atoms with Crippen molar-refractivity contribution in [3.63, 3.8) is 0 Å². The number of anilines is 1. The molecule has 4 rings (SSSR count). The summed E-state index contributed by atoms with van der Waals surface area (Å²) in [5.74, 6) is -1.66. The zero-order chi connectivity index (χ0) is 17.6. The molecule has 0 saturated carbocycles. The van der Waals surface area contributed by atoms with Gasteiger partial charge in [0.2, 0.25) is 11.8 Å². The maximum Gasteiger partial charge on any atom is 0.228 e. The first-order valence-electron chi connectivity index (χ1n) is 8.46. The lowest BCUT2D eigenvalue weighted by Gasteiger charge is -2.31. The molecule has 0 spiro atoms. The van der Waals surface area contributed by atoms with Crippen LogP contribution < -0.4 is 10.2 Å². The van der Waals surface area contributed by atoms with Gasteiger partial charge in [-0.3, -0.25) is 9.59 Å². The van der Waals surface area contributed by atoms with Crippen LogP contribution in [0.4, 0.5) is 10.1 Å². The largest absolute Gasteiger partial charge is 0.352 e. The van der Waals surface area contributed by atoms with E-state index in [1.165, 1.54) is 22.1 Å². The quantitative estimate of drug-likeness (QED) is 0.915. The summed E-state index contributed by atoms with van der Waals surface area (Å²) < 4.78 is 14.4. The number of halogens is 1. The number of nitrogens with one attached hydrogen (secondary N) is 1. The predicted octanol–water partition coefficient (Wildman–Crippen LogP) is 2.56. The maximum absolute atomic E-state index is 14.4. The van der Waals surface area contributed by atoms with Crippen LogP contribution in [0.3, 0.4) is 0 Å². The highest BCUT2D eigenvalue weighted by atomic mass is 19.1. The van der Waals surface area contributed by atoms with E-state index in [2.05, 4.69) is 17.4 Å². The first kappa shape index (κ1) is 15.8. The van der Waals surface area contributed by atoms with Crippen LogP contribution in [-0.4, -0.2) is 24.9 Å². The number of nitrogens with zero attached hydrogens (tertiary/aromatic N) is 1. The highest BCUT2D eigenvalue weighted by Crippen LogP contribution is 2.37. The van der Waals surface area contributed by atoms with Crippen molar-refractivity contribution < 1.29 is 14.0 Å². The summed E-state index contributed by atoms with van der Waals surface area (Å²) in [6.45, 7) is 0. The molecule has 2 aromatic rings. The summed E-state index contributed by atoms with van der Waals surface area (Å²) in [6.07, 6.45) is 1.54. The molecular formula is C20H19FN2O2. The minimum absolute atomic E-state index is 0.00403. The van der Waals surface area contributed by atoms with E-state index >= 15 is 0 Å². The molecule has 0 radical (unpaired) electrons. The van der Waals surface area contributed by atoms with Crippen molar-refractivity contribution in [2.75, 3.05) is 11.9 Å². The topological polar surface area (TPSA) is 49.4 Å². The lowest BCUT2D eigenvalue weighted by Crippen LogP contribution is -2.43. The van der Waals surface area contributed by atoms with E-state index in [9.17, 15) is 14.0 Å². The summed E-state index contributed by atoms with van der Waals surface area (Å²) in [4.78, 5) is 26.5. The van der Waals surface area contributed by atoms with E-state index in [1.54, 1.807) is 19.2 Å². The molecule has 1 aliphatic carbocycles. The van der Waals surface area contributed by atoms with Gasteiger partial charge in [-0.1, -0.05) is 30.3 Å². The molecule has 0 saturated heterocycles. The van der Waals surface area contributed by atoms with Gasteiger partial charge < -0.3 is 10.2 Å². The van der Waals surface area contributed by atoms with Crippen molar-refractivity contribution in [1.82, 2.24) is 5.32 Å². The Balaban J connectivity index is 1.57. The van der Waals surface area contributed by atoms with Gasteiger partial charge in [-0.25, -0.2) is 4.39 Å². The molecular weight excluding hydrogens is 319 g/mol. The Labute approximate surface area is 145 Å². The van der Waals surface area contributed by atoms with Gasteiger partial charge in [0.15, 0.2) is 0 Å². The van der Waals surface area contributed by atoms with Crippen molar-refractivity contribution in [1.29, 1.82) is 0 Å². The third-order valence-electron chi connectivity index (χ3n) is 5.21. The van der Waals surface area contributed by atoms with E-state index in [0.29, 0.717) is 11.3 Å². The summed E-state index contributed by atoms with van der Waals surface area (Å²) in [5, 5.41) is 3.02. The molecule has 2 aromatic carbocycles. The average Bonchev–Trinajstić information content (AvgIpc) is 3.00. The molecule has 1 aliphatic heterocycles. The van der Waals surface area contributed by atoms with Gasteiger partial charge in [0, 0.05) is 25.1 Å². The Kier molecular flexibility index (Phi) is 3.79. The molecule has 2 amide bonds. The molecule has 0 bridgehead atoms. The van der Waals surface area contributed by atoms with E-state index in [-0.39, 0.29) is 24.3 Å². The second-order valence-electron chi connectivity index (χ2n) is 6.76. The van der Waals surface area contributed by atoms with E-state index in [4.69, 9.17) is 0 Å².